The lowest BCUT2D eigenvalue weighted by atomic mass is 9.83. The molecule has 0 spiro atoms. The van der Waals surface area contributed by atoms with Crippen LogP contribution in [0.1, 0.15) is 31.4 Å². The van der Waals surface area contributed by atoms with E-state index < -0.39 is 0 Å². The number of carbonyl (C=O) groups is 1. The number of nitrogens with zero attached hydrogens (tertiary/aromatic N) is 1. The van der Waals surface area contributed by atoms with Crippen LogP contribution in [0, 0.1) is 6.92 Å². The van der Waals surface area contributed by atoms with Crippen molar-refractivity contribution in [1.82, 2.24) is 10.2 Å². The lowest BCUT2D eigenvalue weighted by molar-refractivity contribution is -0.131. The Bertz CT molecular complexity index is 492. The number of carbonyl (C=O) groups excluding carboxylic acids is 1. The van der Waals surface area contributed by atoms with Crippen molar-refractivity contribution in [2.24, 2.45) is 0 Å². The van der Waals surface area contributed by atoms with Gasteiger partial charge in [-0.05, 0) is 12.5 Å². The van der Waals surface area contributed by atoms with Gasteiger partial charge in [0, 0.05) is 49.5 Å². The first-order valence-electron chi connectivity index (χ1n) is 8.01. The van der Waals surface area contributed by atoms with Crippen LogP contribution in [0.15, 0.2) is 24.3 Å². The lowest BCUT2D eigenvalue weighted by Gasteiger charge is -2.32. The summed E-state index contributed by atoms with van der Waals surface area (Å²) < 4.78 is 0. The number of amides is 1. The van der Waals surface area contributed by atoms with E-state index in [0.717, 1.165) is 24.6 Å². The molecule has 0 radical (unpaired) electrons. The summed E-state index contributed by atoms with van der Waals surface area (Å²) in [5.74, 6) is 2.43. The van der Waals surface area contributed by atoms with Crippen LogP contribution >= 0.6 is 11.8 Å². The lowest BCUT2D eigenvalue weighted by Crippen LogP contribution is -2.44. The zero-order valence-corrected chi connectivity index (χ0v) is 15.0. The summed E-state index contributed by atoms with van der Waals surface area (Å²) in [5.41, 5.74) is 2.52. The van der Waals surface area contributed by atoms with Crippen molar-refractivity contribution in [3.05, 3.63) is 35.4 Å². The van der Waals surface area contributed by atoms with E-state index in [9.17, 15) is 4.79 Å². The molecule has 1 N–H and O–H groups in total. The maximum atomic E-state index is 12.5. The van der Waals surface area contributed by atoms with Gasteiger partial charge in [0.15, 0.2) is 0 Å². The van der Waals surface area contributed by atoms with Crippen molar-refractivity contribution in [3.63, 3.8) is 0 Å². The van der Waals surface area contributed by atoms with E-state index in [0.29, 0.717) is 12.5 Å². The third-order valence-corrected chi connectivity index (χ3v) is 5.44. The third-order valence-electron chi connectivity index (χ3n) is 4.31. The fourth-order valence-corrected chi connectivity index (χ4v) is 3.84. The van der Waals surface area contributed by atoms with Crippen LogP contribution < -0.4 is 5.32 Å². The van der Waals surface area contributed by atoms with Gasteiger partial charge in [0.25, 0.3) is 0 Å². The molecule has 0 aliphatic carbocycles. The molecule has 1 atom stereocenters. The fourth-order valence-electron chi connectivity index (χ4n) is 2.89. The highest BCUT2D eigenvalue weighted by Crippen LogP contribution is 2.25. The van der Waals surface area contributed by atoms with Crippen molar-refractivity contribution in [1.29, 1.82) is 0 Å². The van der Waals surface area contributed by atoms with Gasteiger partial charge in [-0.15, -0.1) is 0 Å². The van der Waals surface area contributed by atoms with E-state index in [4.69, 9.17) is 0 Å². The predicted molar refractivity (Wildman–Crippen MR) is 95.6 cm³/mol. The zero-order valence-electron chi connectivity index (χ0n) is 14.2. The van der Waals surface area contributed by atoms with Gasteiger partial charge in [-0.1, -0.05) is 43.7 Å². The van der Waals surface area contributed by atoms with E-state index in [2.05, 4.69) is 50.4 Å². The topological polar surface area (TPSA) is 32.3 Å². The molecular weight excluding hydrogens is 292 g/mol. The molecule has 1 amide bonds. The zero-order chi connectivity index (χ0) is 16.2. The second-order valence-corrected chi connectivity index (χ2v) is 8.08. The smallest absolute Gasteiger partial charge is 0.223 e. The predicted octanol–water partition coefficient (Wildman–Crippen LogP) is 2.83. The number of hydrogen-bond acceptors (Lipinski definition) is 3. The Hall–Kier alpha value is -1.00. The van der Waals surface area contributed by atoms with E-state index in [-0.39, 0.29) is 11.3 Å². The number of likely N-dealkylation sites (N-methyl/N-ethyl adjacent to an activating group) is 1. The highest BCUT2D eigenvalue weighted by molar-refractivity contribution is 7.99. The van der Waals surface area contributed by atoms with Gasteiger partial charge in [0.1, 0.15) is 0 Å². The molecule has 1 saturated heterocycles. The minimum absolute atomic E-state index is 0.0349. The van der Waals surface area contributed by atoms with E-state index in [1.165, 1.54) is 11.1 Å². The Labute approximate surface area is 138 Å². The van der Waals surface area contributed by atoms with E-state index >= 15 is 0 Å². The van der Waals surface area contributed by atoms with Gasteiger partial charge in [-0.3, -0.25) is 4.79 Å². The number of rotatable bonds is 5. The first-order chi connectivity index (χ1) is 10.4. The molecule has 22 heavy (non-hydrogen) atoms. The van der Waals surface area contributed by atoms with Gasteiger partial charge < -0.3 is 10.2 Å². The Morgan fingerprint density at radius 3 is 2.64 bits per heavy atom. The molecule has 0 bridgehead atoms. The number of aryl methyl sites for hydroxylation is 1. The molecule has 1 aromatic rings. The molecule has 1 unspecified atom stereocenters. The van der Waals surface area contributed by atoms with Gasteiger partial charge in [0.2, 0.25) is 5.91 Å². The molecule has 0 saturated carbocycles. The first kappa shape index (κ1) is 17.4. The molecule has 1 aliphatic rings. The molecule has 1 aliphatic heterocycles. The van der Waals surface area contributed by atoms with Crippen LogP contribution in [0.3, 0.4) is 0 Å². The Kier molecular flexibility index (Phi) is 5.93. The second-order valence-electron chi connectivity index (χ2n) is 6.93. The summed E-state index contributed by atoms with van der Waals surface area (Å²) in [5, 5.41) is 3.44. The molecule has 2 rings (SSSR count). The van der Waals surface area contributed by atoms with Gasteiger partial charge >= 0.3 is 0 Å². The summed E-state index contributed by atoms with van der Waals surface area (Å²) in [4.78, 5) is 14.3. The van der Waals surface area contributed by atoms with Crippen molar-refractivity contribution in [3.8, 4) is 0 Å². The largest absolute Gasteiger partial charge is 0.345 e. The van der Waals surface area contributed by atoms with Crippen LogP contribution in [-0.2, 0) is 10.2 Å². The van der Waals surface area contributed by atoms with Crippen LogP contribution in [0.25, 0.3) is 0 Å². The molecule has 1 heterocycles. The van der Waals surface area contributed by atoms with Crippen LogP contribution in [0.2, 0.25) is 0 Å². The van der Waals surface area contributed by atoms with Gasteiger partial charge in [0.05, 0.1) is 0 Å². The second kappa shape index (κ2) is 7.51. The standard InChI is InChI=1S/C18H28N2OS/c1-14-5-7-15(8-6-14)18(2,3)13-20(4)17(21)11-16-12-22-10-9-19-16/h5-8,16,19H,9-13H2,1-4H3. The maximum Gasteiger partial charge on any atom is 0.223 e. The number of thioether (sulfide) groups is 1. The minimum atomic E-state index is -0.0349. The van der Waals surface area contributed by atoms with Crippen molar-refractivity contribution in [2.75, 3.05) is 31.6 Å². The average Bonchev–Trinajstić information content (AvgIpc) is 2.48. The SMILES string of the molecule is Cc1ccc(C(C)(C)CN(C)C(=O)CC2CSCCN2)cc1. The molecular formula is C18H28N2OS. The maximum absolute atomic E-state index is 12.5. The quantitative estimate of drug-likeness (QED) is 0.905. The molecule has 1 aromatic carbocycles. The van der Waals surface area contributed by atoms with Gasteiger partial charge in [-0.25, -0.2) is 0 Å². The number of benzene rings is 1. The number of nitrogens with one attached hydrogen (secondary N) is 1. The Morgan fingerprint density at radius 2 is 2.05 bits per heavy atom. The molecule has 3 nitrogen and oxygen atoms in total. The van der Waals surface area contributed by atoms with Crippen molar-refractivity contribution < 1.29 is 4.79 Å². The Balaban J connectivity index is 1.92. The molecule has 0 aromatic heterocycles. The molecule has 1 fully saturated rings. The molecule has 4 heteroatoms. The summed E-state index contributed by atoms with van der Waals surface area (Å²) in [6, 6.07) is 8.96. The number of hydrogen-bond donors (Lipinski definition) is 1. The summed E-state index contributed by atoms with van der Waals surface area (Å²) in [6.45, 7) is 8.27. The van der Waals surface area contributed by atoms with Crippen molar-refractivity contribution >= 4 is 17.7 Å². The van der Waals surface area contributed by atoms with Crippen LogP contribution in [-0.4, -0.2) is 48.5 Å². The van der Waals surface area contributed by atoms with Crippen LogP contribution in [0.5, 0.6) is 0 Å². The van der Waals surface area contributed by atoms with Crippen molar-refractivity contribution in [2.45, 2.75) is 38.6 Å². The van der Waals surface area contributed by atoms with E-state index in [1.54, 1.807) is 0 Å². The third kappa shape index (κ3) is 4.75. The molecule has 122 valence electrons. The minimum Gasteiger partial charge on any atom is -0.345 e. The fraction of sp³-hybridized carbons (Fsp3) is 0.611. The van der Waals surface area contributed by atoms with E-state index in [1.807, 2.05) is 23.7 Å². The average molecular weight is 321 g/mol. The highest BCUT2D eigenvalue weighted by Gasteiger charge is 2.26. The highest BCUT2D eigenvalue weighted by atomic mass is 32.2. The Morgan fingerprint density at radius 1 is 1.36 bits per heavy atom. The normalized spacial score (nSPS) is 19.0. The van der Waals surface area contributed by atoms with Crippen LogP contribution in [0.4, 0.5) is 0 Å². The summed E-state index contributed by atoms with van der Waals surface area (Å²) >= 11 is 1.93. The summed E-state index contributed by atoms with van der Waals surface area (Å²) in [6.07, 6.45) is 0.605. The van der Waals surface area contributed by atoms with Gasteiger partial charge in [-0.2, -0.15) is 11.8 Å². The first-order valence-corrected chi connectivity index (χ1v) is 9.16. The monoisotopic (exact) mass is 320 g/mol. The summed E-state index contributed by atoms with van der Waals surface area (Å²) in [7, 11) is 1.92.